The second kappa shape index (κ2) is 9.97. The molecule has 2 rings (SSSR count). The van der Waals surface area contributed by atoms with Crippen LogP contribution in [0.5, 0.6) is 0 Å². The van der Waals surface area contributed by atoms with E-state index in [1.54, 1.807) is 3.58 Å². The Morgan fingerprint density at radius 3 is 2.04 bits per heavy atom. The Morgan fingerprint density at radius 2 is 1.58 bits per heavy atom. The number of carboxylic acid groups (broad SMARTS) is 2. The van der Waals surface area contributed by atoms with Gasteiger partial charge in [-0.05, 0) is 18.2 Å². The van der Waals surface area contributed by atoms with Crippen LogP contribution < -0.4 is 9.31 Å². The molecule has 2 aromatic rings. The topological polar surface area (TPSA) is 101 Å². The van der Waals surface area contributed by atoms with Gasteiger partial charge < -0.3 is 15.9 Å². The molecular formula is C18H21NO4Sn. The van der Waals surface area contributed by atoms with Crippen LogP contribution in [0.1, 0.15) is 39.6 Å². The van der Waals surface area contributed by atoms with Crippen molar-refractivity contribution in [1.82, 2.24) is 0 Å². The minimum Gasteiger partial charge on any atom is -0.478 e. The predicted octanol–water partition coefficient (Wildman–Crippen LogP) is 2.82. The molecule has 0 aliphatic heterocycles. The average Bonchev–Trinajstić information content (AvgIpc) is 2.54. The standard InChI is InChI=1S/C8H7NO4.C7H7.C3H7.Sn/c9-6-2-4(7(10)11)1-5(3-6)8(12)13;1-7-5-3-2-4-6-7;1-3-2;/h1-3H,9H2,(H,10,11)(H,12,13);2-5H,1H3;1,3H2,2H3;. The third-order valence-corrected chi connectivity index (χ3v) is 7.99. The molecule has 24 heavy (non-hydrogen) atoms. The van der Waals surface area contributed by atoms with E-state index in [-0.39, 0.29) is 38.0 Å². The molecule has 0 fully saturated rings. The maximum atomic E-state index is 10.5. The number of nitrogen functional groups attached to an aromatic ring is 1. The van der Waals surface area contributed by atoms with Gasteiger partial charge in [-0.2, -0.15) is 0 Å². The summed E-state index contributed by atoms with van der Waals surface area (Å²) in [6.07, 6.45) is 1.36. The molecule has 0 atom stereocenters. The summed E-state index contributed by atoms with van der Waals surface area (Å²) in [4.78, 5) is 21.0. The maximum absolute atomic E-state index is 10.5. The van der Waals surface area contributed by atoms with Crippen LogP contribution in [0.4, 0.5) is 5.69 Å². The number of aryl methyl sites for hydroxylation is 1. The van der Waals surface area contributed by atoms with Crippen molar-refractivity contribution in [3.8, 4) is 0 Å². The van der Waals surface area contributed by atoms with E-state index >= 15 is 0 Å². The van der Waals surface area contributed by atoms with Gasteiger partial charge >= 0.3 is 91.2 Å². The molecule has 126 valence electrons. The van der Waals surface area contributed by atoms with Crippen LogP contribution in [0.3, 0.4) is 0 Å². The number of nitrogens with two attached hydrogens (primary N) is 1. The van der Waals surface area contributed by atoms with Gasteiger partial charge in [0.25, 0.3) is 0 Å². The first-order valence-electron chi connectivity index (χ1n) is 7.51. The van der Waals surface area contributed by atoms with Crippen molar-refractivity contribution in [2.24, 2.45) is 0 Å². The molecule has 0 aliphatic carbocycles. The summed E-state index contributed by atoms with van der Waals surface area (Å²) < 4.78 is 3.16. The predicted molar refractivity (Wildman–Crippen MR) is 96.4 cm³/mol. The Morgan fingerprint density at radius 1 is 1.04 bits per heavy atom. The summed E-state index contributed by atoms with van der Waals surface area (Å²) in [5.74, 6) is -2.40. The number of hydrogen-bond donors (Lipinski definition) is 3. The van der Waals surface area contributed by atoms with Crippen LogP contribution >= 0.6 is 0 Å². The number of hydrogen-bond acceptors (Lipinski definition) is 3. The zero-order valence-electron chi connectivity index (χ0n) is 13.7. The van der Waals surface area contributed by atoms with Crippen LogP contribution in [-0.4, -0.2) is 43.3 Å². The van der Waals surface area contributed by atoms with Crippen molar-refractivity contribution in [3.63, 3.8) is 0 Å². The van der Waals surface area contributed by atoms with Crippen molar-refractivity contribution in [2.75, 3.05) is 5.73 Å². The molecule has 0 amide bonds. The van der Waals surface area contributed by atoms with E-state index < -0.39 is 11.9 Å². The molecule has 0 aromatic heterocycles. The molecular weight excluding hydrogens is 413 g/mol. The van der Waals surface area contributed by atoms with Gasteiger partial charge in [0.1, 0.15) is 0 Å². The Labute approximate surface area is 151 Å². The van der Waals surface area contributed by atoms with E-state index in [9.17, 15) is 9.59 Å². The number of anilines is 1. The van der Waals surface area contributed by atoms with Gasteiger partial charge in [0.2, 0.25) is 0 Å². The number of benzene rings is 2. The van der Waals surface area contributed by atoms with Crippen molar-refractivity contribution < 1.29 is 19.8 Å². The Bertz CT molecular complexity index is 684. The Kier molecular flexibility index (Phi) is 8.32. The van der Waals surface area contributed by atoms with Crippen LogP contribution in [0.25, 0.3) is 0 Å². The second-order valence-electron chi connectivity index (χ2n) is 5.20. The quantitative estimate of drug-likeness (QED) is 0.497. The maximum Gasteiger partial charge on any atom is 0.335 e. The summed E-state index contributed by atoms with van der Waals surface area (Å²) >= 11 is -0.205. The monoisotopic (exact) mass is 435 g/mol. The van der Waals surface area contributed by atoms with Crippen molar-refractivity contribution >= 4 is 42.3 Å². The van der Waals surface area contributed by atoms with Gasteiger partial charge in [0, 0.05) is 5.69 Å². The van der Waals surface area contributed by atoms with Crippen molar-refractivity contribution in [3.05, 3.63) is 59.2 Å². The van der Waals surface area contributed by atoms with E-state index in [1.165, 1.54) is 28.6 Å². The molecule has 0 heterocycles. The zero-order valence-corrected chi connectivity index (χ0v) is 16.6. The largest absolute Gasteiger partial charge is 0.478 e. The molecule has 4 N–H and O–H groups in total. The number of carbonyl (C=O) groups is 2. The number of aromatic carboxylic acids is 2. The Balaban J connectivity index is 0.000000243. The summed E-state index contributed by atoms with van der Waals surface area (Å²) in [5.41, 5.74) is 6.68. The summed E-state index contributed by atoms with van der Waals surface area (Å²) in [7, 11) is 0. The second-order valence-corrected chi connectivity index (χ2v) is 9.17. The first-order valence-corrected chi connectivity index (χ1v) is 11.0. The van der Waals surface area contributed by atoms with E-state index in [1.807, 2.05) is 0 Å². The Hall–Kier alpha value is -2.02. The van der Waals surface area contributed by atoms with E-state index in [0.717, 1.165) is 6.07 Å². The molecule has 0 aliphatic rings. The normalized spacial score (nSPS) is 9.75. The van der Waals surface area contributed by atoms with Crippen molar-refractivity contribution in [1.29, 1.82) is 0 Å². The third kappa shape index (κ3) is 6.62. The van der Waals surface area contributed by atoms with Gasteiger partial charge in [-0.1, -0.05) is 0 Å². The molecule has 0 saturated heterocycles. The summed E-state index contributed by atoms with van der Waals surface area (Å²) in [5, 5.41) is 17.1. The SMILES string of the molecule is CC[CH2][Sn][c]1ccccc1C.Nc1cc(C(=O)O)cc(C(=O)O)c1. The van der Waals surface area contributed by atoms with Crippen LogP contribution in [0, 0.1) is 6.92 Å². The minimum atomic E-state index is -1.20. The number of carboxylic acids is 2. The molecule has 0 unspecified atom stereocenters. The average molecular weight is 434 g/mol. The first-order chi connectivity index (χ1) is 11.3. The molecule has 2 aromatic carbocycles. The van der Waals surface area contributed by atoms with E-state index in [0.29, 0.717) is 0 Å². The molecule has 6 heteroatoms. The summed E-state index contributed by atoms with van der Waals surface area (Å²) in [6, 6.07) is 12.3. The fourth-order valence-electron chi connectivity index (χ4n) is 1.93. The molecule has 2 radical (unpaired) electrons. The molecule has 0 spiro atoms. The smallest absolute Gasteiger partial charge is 0.335 e. The molecule has 0 saturated carbocycles. The summed E-state index contributed by atoms with van der Waals surface area (Å²) in [6.45, 7) is 4.50. The first kappa shape index (κ1) is 20.0. The molecule has 5 nitrogen and oxygen atoms in total. The van der Waals surface area contributed by atoms with Crippen LogP contribution in [0.15, 0.2) is 42.5 Å². The molecule has 0 bridgehead atoms. The van der Waals surface area contributed by atoms with E-state index in [2.05, 4.69) is 38.1 Å². The van der Waals surface area contributed by atoms with Gasteiger partial charge in [0.05, 0.1) is 11.1 Å². The van der Waals surface area contributed by atoms with Gasteiger partial charge in [-0.25, -0.2) is 9.59 Å². The van der Waals surface area contributed by atoms with Gasteiger partial charge in [-0.3, -0.25) is 0 Å². The van der Waals surface area contributed by atoms with Crippen molar-refractivity contribution in [2.45, 2.75) is 24.7 Å². The fraction of sp³-hybridized carbons (Fsp3) is 0.222. The van der Waals surface area contributed by atoms with Gasteiger partial charge in [0.15, 0.2) is 0 Å². The van der Waals surface area contributed by atoms with Crippen LogP contribution in [0.2, 0.25) is 4.44 Å². The fourth-order valence-corrected chi connectivity index (χ4v) is 5.06. The number of rotatable bonds is 5. The minimum absolute atomic E-state index is 0.123. The zero-order chi connectivity index (χ0) is 18.1. The van der Waals surface area contributed by atoms with Crippen LogP contribution in [-0.2, 0) is 0 Å². The van der Waals surface area contributed by atoms with E-state index in [4.69, 9.17) is 15.9 Å². The third-order valence-electron chi connectivity index (χ3n) is 3.16. The van der Waals surface area contributed by atoms with Gasteiger partial charge in [-0.15, -0.1) is 0 Å².